The minimum Gasteiger partial charge on any atom is -0.480 e. The highest BCUT2D eigenvalue weighted by molar-refractivity contribution is 7.90. The third kappa shape index (κ3) is 3.93. The van der Waals surface area contributed by atoms with Gasteiger partial charge < -0.3 is 10.2 Å². The number of rotatable bonds is 5. The van der Waals surface area contributed by atoms with Crippen molar-refractivity contribution in [1.29, 1.82) is 0 Å². The number of hydrogen-bond acceptors (Lipinski definition) is 4. The molecule has 0 aliphatic heterocycles. The van der Waals surface area contributed by atoms with E-state index >= 15 is 0 Å². The van der Waals surface area contributed by atoms with Crippen LogP contribution in [-0.4, -0.2) is 42.0 Å². The molecule has 100 valence electrons. The normalized spacial score (nSPS) is 22.0. The van der Waals surface area contributed by atoms with E-state index in [1.165, 1.54) is 6.92 Å². The van der Waals surface area contributed by atoms with Gasteiger partial charge in [0, 0.05) is 0 Å². The van der Waals surface area contributed by atoms with Crippen LogP contribution in [0.4, 0.5) is 0 Å². The van der Waals surface area contributed by atoms with Crippen molar-refractivity contribution in [3.63, 3.8) is 0 Å². The van der Waals surface area contributed by atoms with Gasteiger partial charge in [-0.2, -0.15) is 4.72 Å². The molecule has 3 N–H and O–H groups in total. The summed E-state index contributed by atoms with van der Waals surface area (Å²) in [5.41, 5.74) is 0. The van der Waals surface area contributed by atoms with Gasteiger partial charge >= 0.3 is 5.97 Å². The Bertz CT molecular complexity index is 359. The molecular formula is C10H19NO5S. The summed E-state index contributed by atoms with van der Waals surface area (Å²) in [6.07, 6.45) is 2.56. The number of aliphatic hydroxyl groups is 1. The lowest BCUT2D eigenvalue weighted by molar-refractivity contribution is -0.141. The van der Waals surface area contributed by atoms with E-state index in [0.717, 1.165) is 19.3 Å². The molecule has 1 aliphatic carbocycles. The third-order valence-corrected chi connectivity index (χ3v) is 4.96. The van der Waals surface area contributed by atoms with Gasteiger partial charge in [-0.15, -0.1) is 0 Å². The fraction of sp³-hybridized carbons (Fsp3) is 0.900. The maximum atomic E-state index is 11.9. The molecule has 1 fully saturated rings. The van der Waals surface area contributed by atoms with Crippen LogP contribution in [0.1, 0.15) is 39.0 Å². The predicted octanol–water partition coefficient (Wildman–Crippen LogP) is 0.0725. The first-order valence-electron chi connectivity index (χ1n) is 5.76. The van der Waals surface area contributed by atoms with Crippen LogP contribution in [0.25, 0.3) is 0 Å². The topological polar surface area (TPSA) is 104 Å². The van der Waals surface area contributed by atoms with Crippen molar-refractivity contribution in [2.24, 2.45) is 0 Å². The van der Waals surface area contributed by atoms with E-state index in [0.29, 0.717) is 12.8 Å². The van der Waals surface area contributed by atoms with E-state index < -0.39 is 33.4 Å². The maximum Gasteiger partial charge on any atom is 0.324 e. The highest BCUT2D eigenvalue weighted by Crippen LogP contribution is 2.23. The molecule has 2 atom stereocenters. The fourth-order valence-electron chi connectivity index (χ4n) is 2.00. The Morgan fingerprint density at radius 2 is 1.82 bits per heavy atom. The van der Waals surface area contributed by atoms with E-state index in [4.69, 9.17) is 5.11 Å². The summed E-state index contributed by atoms with van der Waals surface area (Å²) in [6.45, 7) is 1.25. The first kappa shape index (κ1) is 14.4. The molecule has 0 heterocycles. The van der Waals surface area contributed by atoms with E-state index in [1.807, 2.05) is 0 Å². The lowest BCUT2D eigenvalue weighted by atomic mass is 10.0. The molecule has 0 aromatic rings. The van der Waals surface area contributed by atoms with Crippen molar-refractivity contribution in [1.82, 2.24) is 4.72 Å². The zero-order chi connectivity index (χ0) is 13.1. The summed E-state index contributed by atoms with van der Waals surface area (Å²) in [5.74, 6) is -1.36. The average Bonchev–Trinajstić information content (AvgIpc) is 2.26. The third-order valence-electron chi connectivity index (χ3n) is 3.03. The molecule has 6 nitrogen and oxygen atoms in total. The molecule has 0 bridgehead atoms. The predicted molar refractivity (Wildman–Crippen MR) is 62.0 cm³/mol. The van der Waals surface area contributed by atoms with Crippen LogP contribution in [0, 0.1) is 0 Å². The first-order valence-corrected chi connectivity index (χ1v) is 7.31. The van der Waals surface area contributed by atoms with Gasteiger partial charge in [-0.05, 0) is 19.8 Å². The lowest BCUT2D eigenvalue weighted by Gasteiger charge is -2.25. The number of carbonyl (C=O) groups is 1. The van der Waals surface area contributed by atoms with Crippen molar-refractivity contribution >= 4 is 16.0 Å². The molecule has 0 spiro atoms. The Morgan fingerprint density at radius 3 is 2.24 bits per heavy atom. The number of aliphatic carboxylic acids is 1. The van der Waals surface area contributed by atoms with Crippen LogP contribution >= 0.6 is 0 Å². The minimum atomic E-state index is -3.66. The number of carboxylic acid groups (broad SMARTS) is 1. The Kier molecular flexibility index (Phi) is 4.91. The van der Waals surface area contributed by atoms with Crippen LogP contribution in [0.3, 0.4) is 0 Å². The standard InChI is InChI=1S/C10H19NO5S/c1-7(12)9(10(13)14)11-17(15,16)8-5-3-2-4-6-8/h7-9,11-12H,2-6H2,1H3,(H,13,14). The van der Waals surface area contributed by atoms with Crippen LogP contribution in [0.15, 0.2) is 0 Å². The van der Waals surface area contributed by atoms with Crippen LogP contribution in [-0.2, 0) is 14.8 Å². The Labute approximate surface area is 101 Å². The maximum absolute atomic E-state index is 11.9. The smallest absolute Gasteiger partial charge is 0.324 e. The number of carboxylic acids is 1. The van der Waals surface area contributed by atoms with Gasteiger partial charge in [-0.25, -0.2) is 8.42 Å². The quantitative estimate of drug-likeness (QED) is 0.652. The van der Waals surface area contributed by atoms with Gasteiger partial charge in [-0.1, -0.05) is 19.3 Å². The van der Waals surface area contributed by atoms with E-state index in [2.05, 4.69) is 4.72 Å². The van der Waals surface area contributed by atoms with Gasteiger partial charge in [0.05, 0.1) is 11.4 Å². The molecule has 0 saturated heterocycles. The monoisotopic (exact) mass is 265 g/mol. The van der Waals surface area contributed by atoms with E-state index in [9.17, 15) is 18.3 Å². The SMILES string of the molecule is CC(O)C(NS(=O)(=O)C1CCCCC1)C(=O)O. The average molecular weight is 265 g/mol. The van der Waals surface area contributed by atoms with E-state index in [1.54, 1.807) is 0 Å². The Balaban J connectivity index is 2.73. The highest BCUT2D eigenvalue weighted by Gasteiger charge is 2.33. The Hall–Kier alpha value is -0.660. The zero-order valence-corrected chi connectivity index (χ0v) is 10.6. The van der Waals surface area contributed by atoms with Crippen molar-refractivity contribution in [3.8, 4) is 0 Å². The van der Waals surface area contributed by atoms with Crippen molar-refractivity contribution < 1.29 is 23.4 Å². The number of nitrogens with one attached hydrogen (secondary N) is 1. The summed E-state index contributed by atoms with van der Waals surface area (Å²) < 4.78 is 25.9. The second kappa shape index (κ2) is 5.79. The zero-order valence-electron chi connectivity index (χ0n) is 9.80. The summed E-state index contributed by atoms with van der Waals surface area (Å²) >= 11 is 0. The molecule has 0 radical (unpaired) electrons. The first-order chi connectivity index (χ1) is 7.84. The van der Waals surface area contributed by atoms with Gasteiger partial charge in [-0.3, -0.25) is 4.79 Å². The summed E-state index contributed by atoms with van der Waals surface area (Å²) in [5, 5.41) is 17.5. The van der Waals surface area contributed by atoms with Crippen molar-refractivity contribution in [2.75, 3.05) is 0 Å². The largest absolute Gasteiger partial charge is 0.480 e. The van der Waals surface area contributed by atoms with Gasteiger partial charge in [0.2, 0.25) is 10.0 Å². The lowest BCUT2D eigenvalue weighted by Crippen LogP contribution is -2.50. The number of hydrogen-bond donors (Lipinski definition) is 3. The molecule has 2 unspecified atom stereocenters. The summed E-state index contributed by atoms with van der Waals surface area (Å²) in [6, 6.07) is -1.47. The highest BCUT2D eigenvalue weighted by atomic mass is 32.2. The van der Waals surface area contributed by atoms with Crippen LogP contribution in [0.2, 0.25) is 0 Å². The molecule has 0 aromatic carbocycles. The molecular weight excluding hydrogens is 246 g/mol. The van der Waals surface area contributed by atoms with Gasteiger partial charge in [0.1, 0.15) is 6.04 Å². The molecule has 7 heteroatoms. The molecule has 17 heavy (non-hydrogen) atoms. The van der Waals surface area contributed by atoms with Crippen LogP contribution in [0.5, 0.6) is 0 Å². The Morgan fingerprint density at radius 1 is 1.29 bits per heavy atom. The minimum absolute atomic E-state index is 0.531. The molecule has 1 aliphatic rings. The number of aliphatic hydroxyl groups excluding tert-OH is 1. The number of sulfonamides is 1. The van der Waals surface area contributed by atoms with Crippen molar-refractivity contribution in [2.45, 2.75) is 56.4 Å². The second-order valence-corrected chi connectivity index (χ2v) is 6.47. The van der Waals surface area contributed by atoms with Gasteiger partial charge in [0.25, 0.3) is 0 Å². The van der Waals surface area contributed by atoms with Crippen LogP contribution < -0.4 is 4.72 Å². The van der Waals surface area contributed by atoms with E-state index in [-0.39, 0.29) is 0 Å². The molecule has 1 rings (SSSR count). The second-order valence-electron chi connectivity index (χ2n) is 4.48. The summed E-state index contributed by atoms with van der Waals surface area (Å²) in [7, 11) is -3.66. The summed E-state index contributed by atoms with van der Waals surface area (Å²) in [4.78, 5) is 10.8. The molecule has 1 saturated carbocycles. The van der Waals surface area contributed by atoms with Crippen molar-refractivity contribution in [3.05, 3.63) is 0 Å². The molecule has 0 amide bonds. The fourth-order valence-corrected chi connectivity index (χ4v) is 3.80. The molecule has 0 aromatic heterocycles. The van der Waals surface area contributed by atoms with Gasteiger partial charge in [0.15, 0.2) is 0 Å².